The molecule has 1 aromatic heterocycles. The van der Waals surface area contributed by atoms with Gasteiger partial charge in [0.05, 0.1) is 11.1 Å². The van der Waals surface area contributed by atoms with Gasteiger partial charge < -0.3 is 4.42 Å². The van der Waals surface area contributed by atoms with Crippen LogP contribution >= 0.6 is 11.6 Å². The molecule has 2 aromatic rings. The molecule has 1 atom stereocenters. The lowest BCUT2D eigenvalue weighted by molar-refractivity contribution is 0.0949. The Balaban J connectivity index is 2.40. The van der Waals surface area contributed by atoms with E-state index in [2.05, 4.69) is 0 Å². The number of rotatable bonds is 4. The molecular weight excluding hydrogens is 281 g/mol. The molecular formula is C15H11ClFNO2. The highest BCUT2D eigenvalue weighted by Gasteiger charge is 2.27. The van der Waals surface area contributed by atoms with E-state index < -0.39 is 17.5 Å². The first kappa shape index (κ1) is 14.3. The summed E-state index contributed by atoms with van der Waals surface area (Å²) in [5.41, 5.74) is -0.0422. The third kappa shape index (κ3) is 2.59. The molecule has 2 rings (SSSR count). The van der Waals surface area contributed by atoms with E-state index in [0.29, 0.717) is 12.2 Å². The van der Waals surface area contributed by atoms with Crippen molar-refractivity contribution in [2.45, 2.75) is 19.3 Å². The van der Waals surface area contributed by atoms with Crippen molar-refractivity contribution >= 4 is 17.4 Å². The molecule has 0 saturated heterocycles. The summed E-state index contributed by atoms with van der Waals surface area (Å²) in [6, 6.07) is 9.19. The van der Waals surface area contributed by atoms with Gasteiger partial charge in [-0.15, -0.1) is 0 Å². The van der Waals surface area contributed by atoms with Crippen molar-refractivity contribution < 1.29 is 13.6 Å². The maximum Gasteiger partial charge on any atom is 0.219 e. The van der Waals surface area contributed by atoms with Gasteiger partial charge in [0.15, 0.2) is 5.76 Å². The van der Waals surface area contributed by atoms with Crippen molar-refractivity contribution in [3.8, 4) is 6.07 Å². The lowest BCUT2D eigenvalue weighted by atomic mass is 9.94. The Morgan fingerprint density at radius 3 is 2.80 bits per heavy atom. The Morgan fingerprint density at radius 2 is 2.20 bits per heavy atom. The number of Topliss-reactive ketones (excluding diaryl/α,β-unsaturated/α-hetero) is 1. The Kier molecular flexibility index (Phi) is 4.21. The van der Waals surface area contributed by atoms with Gasteiger partial charge in [0.25, 0.3) is 0 Å². The van der Waals surface area contributed by atoms with Crippen molar-refractivity contribution in [2.75, 3.05) is 0 Å². The topological polar surface area (TPSA) is 54.0 Å². The van der Waals surface area contributed by atoms with Gasteiger partial charge >= 0.3 is 0 Å². The van der Waals surface area contributed by atoms with Gasteiger partial charge in [-0.3, -0.25) is 4.79 Å². The number of carbonyl (C=O) groups excluding carboxylic acids is 1. The fourth-order valence-corrected chi connectivity index (χ4v) is 2.04. The summed E-state index contributed by atoms with van der Waals surface area (Å²) in [6.45, 7) is 1.88. The Bertz CT molecular complexity index is 687. The van der Waals surface area contributed by atoms with Crippen LogP contribution in [-0.4, -0.2) is 5.78 Å². The fraction of sp³-hybridized carbons (Fsp3) is 0.200. The number of hydrogen-bond acceptors (Lipinski definition) is 3. The van der Waals surface area contributed by atoms with Crippen molar-refractivity contribution in [2.24, 2.45) is 0 Å². The summed E-state index contributed by atoms with van der Waals surface area (Å²) < 4.78 is 19.2. The minimum Gasteiger partial charge on any atom is -0.458 e. The smallest absolute Gasteiger partial charge is 0.219 e. The van der Waals surface area contributed by atoms with Gasteiger partial charge in [0, 0.05) is 12.0 Å². The molecule has 1 heterocycles. The van der Waals surface area contributed by atoms with Crippen LogP contribution in [0.3, 0.4) is 0 Å². The second kappa shape index (κ2) is 5.89. The average molecular weight is 292 g/mol. The van der Waals surface area contributed by atoms with Gasteiger partial charge in [-0.05, 0) is 18.2 Å². The predicted molar refractivity (Wildman–Crippen MR) is 72.2 cm³/mol. The second-order valence-corrected chi connectivity index (χ2v) is 4.60. The summed E-state index contributed by atoms with van der Waals surface area (Å²) in [6.07, 6.45) is 0.635. The number of furan rings is 1. The van der Waals surface area contributed by atoms with Crippen LogP contribution in [0, 0.1) is 17.1 Å². The van der Waals surface area contributed by atoms with Gasteiger partial charge in [-0.2, -0.15) is 5.26 Å². The van der Waals surface area contributed by atoms with E-state index in [0.717, 1.165) is 0 Å². The molecule has 0 amide bonds. The number of ketones is 1. The molecule has 0 spiro atoms. The van der Waals surface area contributed by atoms with Gasteiger partial charge in [-0.25, -0.2) is 4.39 Å². The zero-order chi connectivity index (χ0) is 14.7. The van der Waals surface area contributed by atoms with Crippen molar-refractivity contribution in [3.05, 3.63) is 58.3 Å². The average Bonchev–Trinajstić information content (AvgIpc) is 2.93. The van der Waals surface area contributed by atoms with E-state index in [1.165, 1.54) is 24.3 Å². The molecule has 0 saturated carbocycles. The van der Waals surface area contributed by atoms with Crippen LogP contribution in [0.15, 0.2) is 34.7 Å². The molecule has 1 unspecified atom stereocenters. The lowest BCUT2D eigenvalue weighted by Crippen LogP contribution is -2.12. The number of benzene rings is 1. The van der Waals surface area contributed by atoms with Crippen LogP contribution < -0.4 is 0 Å². The Morgan fingerprint density at radius 1 is 1.45 bits per heavy atom. The predicted octanol–water partition coefficient (Wildman–Crippen LogP) is 4.12. The molecule has 5 heteroatoms. The number of halogens is 2. The van der Waals surface area contributed by atoms with Gasteiger partial charge in [0.1, 0.15) is 17.5 Å². The first-order valence-electron chi connectivity index (χ1n) is 6.05. The lowest BCUT2D eigenvalue weighted by Gasteiger charge is -2.08. The molecule has 0 N–H and O–H groups in total. The van der Waals surface area contributed by atoms with Crippen LogP contribution in [0.2, 0.25) is 5.02 Å². The molecule has 0 aliphatic carbocycles. The van der Waals surface area contributed by atoms with E-state index in [-0.39, 0.29) is 16.3 Å². The second-order valence-electron chi connectivity index (χ2n) is 4.19. The molecule has 1 aromatic carbocycles. The van der Waals surface area contributed by atoms with Crippen LogP contribution in [-0.2, 0) is 6.42 Å². The van der Waals surface area contributed by atoms with E-state index in [1.807, 2.05) is 6.92 Å². The highest BCUT2D eigenvalue weighted by Crippen LogP contribution is 2.27. The molecule has 0 radical (unpaired) electrons. The summed E-state index contributed by atoms with van der Waals surface area (Å²) in [5.74, 6) is -1.92. The molecule has 0 aliphatic rings. The largest absolute Gasteiger partial charge is 0.458 e. The van der Waals surface area contributed by atoms with E-state index in [9.17, 15) is 9.18 Å². The van der Waals surface area contributed by atoms with E-state index in [4.69, 9.17) is 21.3 Å². The first-order chi connectivity index (χ1) is 9.58. The third-order valence-corrected chi connectivity index (χ3v) is 3.23. The van der Waals surface area contributed by atoms with Gasteiger partial charge in [-0.1, -0.05) is 30.7 Å². The summed E-state index contributed by atoms with van der Waals surface area (Å²) >= 11 is 5.67. The SMILES string of the molecule is CCc1ccc(C(=O)C(C#N)c2cccc(Cl)c2F)o1. The zero-order valence-corrected chi connectivity index (χ0v) is 11.4. The number of nitriles is 1. The zero-order valence-electron chi connectivity index (χ0n) is 10.7. The summed E-state index contributed by atoms with van der Waals surface area (Å²) in [7, 11) is 0. The summed E-state index contributed by atoms with van der Waals surface area (Å²) in [5, 5.41) is 9.05. The minimum absolute atomic E-state index is 0.0422. The van der Waals surface area contributed by atoms with Crippen LogP contribution in [0.5, 0.6) is 0 Å². The highest BCUT2D eigenvalue weighted by molar-refractivity contribution is 6.30. The fourth-order valence-electron chi connectivity index (χ4n) is 1.86. The van der Waals surface area contributed by atoms with Crippen molar-refractivity contribution in [1.29, 1.82) is 5.26 Å². The standard InChI is InChI=1S/C15H11ClFNO2/c1-2-9-6-7-13(20-9)15(19)11(8-18)10-4-3-5-12(16)14(10)17/h3-7,11H,2H2,1H3. The monoisotopic (exact) mass is 291 g/mol. The highest BCUT2D eigenvalue weighted by atomic mass is 35.5. The quantitative estimate of drug-likeness (QED) is 0.796. The molecule has 0 fully saturated rings. The van der Waals surface area contributed by atoms with Gasteiger partial charge in [0.2, 0.25) is 5.78 Å². The molecule has 20 heavy (non-hydrogen) atoms. The Hall–Kier alpha value is -2.12. The van der Waals surface area contributed by atoms with E-state index >= 15 is 0 Å². The molecule has 3 nitrogen and oxygen atoms in total. The Labute approximate surface area is 120 Å². The maximum absolute atomic E-state index is 13.9. The molecule has 0 bridgehead atoms. The molecule has 0 aliphatic heterocycles. The maximum atomic E-state index is 13.9. The number of hydrogen-bond donors (Lipinski definition) is 0. The van der Waals surface area contributed by atoms with Crippen LogP contribution in [0.1, 0.15) is 34.7 Å². The van der Waals surface area contributed by atoms with E-state index in [1.54, 1.807) is 12.1 Å². The summed E-state index contributed by atoms with van der Waals surface area (Å²) in [4.78, 5) is 12.2. The number of aryl methyl sites for hydroxylation is 1. The molecule has 102 valence electrons. The van der Waals surface area contributed by atoms with Crippen LogP contribution in [0.25, 0.3) is 0 Å². The van der Waals surface area contributed by atoms with Crippen molar-refractivity contribution in [1.82, 2.24) is 0 Å². The normalized spacial score (nSPS) is 11.9. The number of carbonyl (C=O) groups is 1. The first-order valence-corrected chi connectivity index (χ1v) is 6.42. The third-order valence-electron chi connectivity index (χ3n) is 2.94. The minimum atomic E-state index is -1.27. The van der Waals surface area contributed by atoms with Crippen LogP contribution in [0.4, 0.5) is 4.39 Å². The van der Waals surface area contributed by atoms with Crippen molar-refractivity contribution in [3.63, 3.8) is 0 Å². The number of nitrogens with zero attached hydrogens (tertiary/aromatic N) is 1.